The van der Waals surface area contributed by atoms with E-state index in [-0.39, 0.29) is 11.6 Å². The van der Waals surface area contributed by atoms with Crippen LogP contribution in [-0.4, -0.2) is 16.3 Å². The van der Waals surface area contributed by atoms with Gasteiger partial charge in [-0.2, -0.15) is 0 Å². The summed E-state index contributed by atoms with van der Waals surface area (Å²) in [5.74, 6) is 0.0324. The van der Waals surface area contributed by atoms with E-state index in [1.807, 2.05) is 30.6 Å². The van der Waals surface area contributed by atoms with Gasteiger partial charge in [-0.25, -0.2) is 14.4 Å². The van der Waals surface area contributed by atoms with Crippen LogP contribution in [-0.2, 0) is 19.3 Å². The molecule has 0 atom stereocenters. The fourth-order valence-corrected chi connectivity index (χ4v) is 3.82. The van der Waals surface area contributed by atoms with Crippen molar-refractivity contribution in [2.75, 3.05) is 0 Å². The number of unbranched alkanes of at least 4 members (excludes halogenated alkanes) is 1. The first kappa shape index (κ1) is 23.7. The second-order valence-electron chi connectivity index (χ2n) is 8.18. The average Bonchev–Trinajstić information content (AvgIpc) is 2.82. The molecule has 0 fully saturated rings. The first-order chi connectivity index (χ1) is 16.3. The lowest BCUT2D eigenvalue weighted by Crippen LogP contribution is -2.17. The highest BCUT2D eigenvalue weighted by Crippen LogP contribution is 2.27. The number of aryl methyl sites for hydroxylation is 3. The smallest absolute Gasteiger partial charge is 0.406 e. The van der Waals surface area contributed by atoms with Crippen molar-refractivity contribution in [2.45, 2.75) is 45.4 Å². The van der Waals surface area contributed by atoms with E-state index < -0.39 is 6.36 Å². The number of rotatable bonds is 8. The Bertz CT molecular complexity index is 1250. The normalized spacial score (nSPS) is 11.7. The van der Waals surface area contributed by atoms with Gasteiger partial charge >= 0.3 is 6.36 Å². The summed E-state index contributed by atoms with van der Waals surface area (Å²) < 4.78 is 55.9. The number of fused-ring (bicyclic) bond motifs is 1. The molecule has 0 saturated carbocycles. The third-order valence-corrected chi connectivity index (χ3v) is 5.66. The van der Waals surface area contributed by atoms with Crippen LogP contribution in [0.3, 0.4) is 0 Å². The van der Waals surface area contributed by atoms with Gasteiger partial charge in [0.05, 0.1) is 0 Å². The topological polar surface area (TPSA) is 35.0 Å². The SMILES string of the molecule is CCCCc1cnc(-c2ccc3c(F)c(CCc4ccc(OC(F)(F)F)cc4)ccc3c2)nc1. The van der Waals surface area contributed by atoms with Gasteiger partial charge < -0.3 is 4.74 Å². The summed E-state index contributed by atoms with van der Waals surface area (Å²) in [4.78, 5) is 8.92. The number of ether oxygens (including phenoxy) is 1. The van der Waals surface area contributed by atoms with E-state index >= 15 is 4.39 Å². The highest BCUT2D eigenvalue weighted by atomic mass is 19.4. The second kappa shape index (κ2) is 10.2. The van der Waals surface area contributed by atoms with E-state index in [1.54, 1.807) is 24.3 Å². The minimum atomic E-state index is -4.72. The molecule has 34 heavy (non-hydrogen) atoms. The molecule has 0 aliphatic rings. The van der Waals surface area contributed by atoms with Gasteiger partial charge in [0.1, 0.15) is 11.6 Å². The Labute approximate surface area is 195 Å². The summed E-state index contributed by atoms with van der Waals surface area (Å²) in [5.41, 5.74) is 3.27. The van der Waals surface area contributed by atoms with Crippen LogP contribution in [0.1, 0.15) is 36.5 Å². The van der Waals surface area contributed by atoms with Crippen LogP contribution >= 0.6 is 0 Å². The molecule has 4 aromatic rings. The summed E-state index contributed by atoms with van der Waals surface area (Å²) >= 11 is 0. The van der Waals surface area contributed by atoms with Crippen LogP contribution in [0.15, 0.2) is 67.0 Å². The molecule has 0 radical (unpaired) electrons. The Morgan fingerprint density at radius 3 is 2.24 bits per heavy atom. The Morgan fingerprint density at radius 2 is 1.56 bits per heavy atom. The molecular formula is C27H24F4N2O. The lowest BCUT2D eigenvalue weighted by molar-refractivity contribution is -0.274. The number of halogens is 4. The molecular weight excluding hydrogens is 444 g/mol. The second-order valence-corrected chi connectivity index (χ2v) is 8.18. The molecule has 0 unspecified atom stereocenters. The van der Waals surface area contributed by atoms with Crippen molar-refractivity contribution in [3.05, 3.63) is 89.5 Å². The van der Waals surface area contributed by atoms with E-state index in [2.05, 4.69) is 21.6 Å². The molecule has 0 amide bonds. The minimum Gasteiger partial charge on any atom is -0.406 e. The molecule has 0 bridgehead atoms. The van der Waals surface area contributed by atoms with Gasteiger partial charge in [0.2, 0.25) is 0 Å². The monoisotopic (exact) mass is 468 g/mol. The fraction of sp³-hybridized carbons (Fsp3) is 0.259. The zero-order chi connectivity index (χ0) is 24.1. The third kappa shape index (κ3) is 5.90. The maximum atomic E-state index is 15.2. The predicted molar refractivity (Wildman–Crippen MR) is 124 cm³/mol. The van der Waals surface area contributed by atoms with Gasteiger partial charge in [-0.3, -0.25) is 0 Å². The number of hydrogen-bond acceptors (Lipinski definition) is 3. The van der Waals surface area contributed by atoms with Gasteiger partial charge in [-0.1, -0.05) is 49.7 Å². The number of benzene rings is 3. The van der Waals surface area contributed by atoms with E-state index in [0.29, 0.717) is 29.6 Å². The quantitative estimate of drug-likeness (QED) is 0.252. The van der Waals surface area contributed by atoms with E-state index in [1.165, 1.54) is 12.1 Å². The minimum absolute atomic E-state index is 0.275. The zero-order valence-electron chi connectivity index (χ0n) is 18.7. The number of nitrogens with zero attached hydrogens (tertiary/aromatic N) is 2. The summed E-state index contributed by atoms with van der Waals surface area (Å²) in [6, 6.07) is 14.7. The van der Waals surface area contributed by atoms with Crippen LogP contribution in [0, 0.1) is 5.82 Å². The van der Waals surface area contributed by atoms with Gasteiger partial charge in [0, 0.05) is 23.3 Å². The van der Waals surface area contributed by atoms with Gasteiger partial charge in [0.15, 0.2) is 5.82 Å². The number of aromatic nitrogens is 2. The maximum absolute atomic E-state index is 15.2. The standard InChI is InChI=1S/C27H24F4N2O/c1-2-3-4-19-16-32-26(33-17-19)22-11-14-24-21(15-22)10-9-20(25(24)28)8-5-18-6-12-23(13-7-18)34-27(29,30)31/h6-7,9-17H,2-5,8H2,1H3. The van der Waals surface area contributed by atoms with Crippen molar-refractivity contribution in [3.8, 4) is 17.1 Å². The molecule has 3 aromatic carbocycles. The van der Waals surface area contributed by atoms with Crippen LogP contribution in [0.4, 0.5) is 17.6 Å². The molecule has 176 valence electrons. The van der Waals surface area contributed by atoms with Crippen molar-refractivity contribution >= 4 is 10.8 Å². The Morgan fingerprint density at radius 1 is 0.824 bits per heavy atom. The molecule has 4 rings (SSSR count). The Hall–Kier alpha value is -3.48. The summed E-state index contributed by atoms with van der Waals surface area (Å²) in [7, 11) is 0. The van der Waals surface area contributed by atoms with Gasteiger partial charge in [-0.05, 0) is 66.0 Å². The first-order valence-corrected chi connectivity index (χ1v) is 11.2. The van der Waals surface area contributed by atoms with Gasteiger partial charge in [-0.15, -0.1) is 13.2 Å². The van der Waals surface area contributed by atoms with Crippen LogP contribution in [0.2, 0.25) is 0 Å². The molecule has 3 nitrogen and oxygen atoms in total. The largest absolute Gasteiger partial charge is 0.573 e. The number of alkyl halides is 3. The molecule has 0 N–H and O–H groups in total. The van der Waals surface area contributed by atoms with Crippen LogP contribution in [0.25, 0.3) is 22.2 Å². The fourth-order valence-electron chi connectivity index (χ4n) is 3.82. The highest BCUT2D eigenvalue weighted by molar-refractivity contribution is 5.87. The maximum Gasteiger partial charge on any atom is 0.573 e. The summed E-state index contributed by atoms with van der Waals surface area (Å²) in [5, 5.41) is 1.26. The van der Waals surface area contributed by atoms with E-state index in [0.717, 1.165) is 41.3 Å². The van der Waals surface area contributed by atoms with Gasteiger partial charge in [0.25, 0.3) is 0 Å². The highest BCUT2D eigenvalue weighted by Gasteiger charge is 2.30. The lowest BCUT2D eigenvalue weighted by Gasteiger charge is -2.10. The third-order valence-electron chi connectivity index (χ3n) is 5.66. The first-order valence-electron chi connectivity index (χ1n) is 11.2. The van der Waals surface area contributed by atoms with Crippen molar-refractivity contribution in [1.29, 1.82) is 0 Å². The molecule has 1 heterocycles. The van der Waals surface area contributed by atoms with Crippen molar-refractivity contribution < 1.29 is 22.3 Å². The molecule has 1 aromatic heterocycles. The van der Waals surface area contributed by atoms with Crippen molar-refractivity contribution in [1.82, 2.24) is 9.97 Å². The number of hydrogen-bond donors (Lipinski definition) is 0. The van der Waals surface area contributed by atoms with Crippen molar-refractivity contribution in [2.24, 2.45) is 0 Å². The summed E-state index contributed by atoms with van der Waals surface area (Å²) in [6.07, 6.45) is 3.03. The predicted octanol–water partition coefficient (Wildman–Crippen LogP) is 7.46. The van der Waals surface area contributed by atoms with E-state index in [9.17, 15) is 13.2 Å². The van der Waals surface area contributed by atoms with Crippen LogP contribution in [0.5, 0.6) is 5.75 Å². The summed E-state index contributed by atoms with van der Waals surface area (Å²) in [6.45, 7) is 2.14. The molecule has 0 saturated heterocycles. The molecule has 0 spiro atoms. The Balaban J connectivity index is 1.46. The molecule has 7 heteroatoms. The van der Waals surface area contributed by atoms with Crippen molar-refractivity contribution in [3.63, 3.8) is 0 Å². The molecule has 0 aliphatic carbocycles. The van der Waals surface area contributed by atoms with Crippen LogP contribution < -0.4 is 4.74 Å². The van der Waals surface area contributed by atoms with E-state index in [4.69, 9.17) is 0 Å². The average molecular weight is 468 g/mol. The Kier molecular flexibility index (Phi) is 7.10. The lowest BCUT2D eigenvalue weighted by atomic mass is 9.99. The molecule has 0 aliphatic heterocycles. The zero-order valence-corrected chi connectivity index (χ0v) is 18.7.